The average molecular weight is 566 g/mol. The number of amides is 2. The fourth-order valence-corrected chi connectivity index (χ4v) is 6.72. The number of halogens is 3. The number of nitrogens with zero attached hydrogens (tertiary/aromatic N) is 3. The maximum atomic E-state index is 14.4. The van der Waals surface area contributed by atoms with Gasteiger partial charge in [-0.15, -0.1) is 11.3 Å². The molecule has 1 saturated carbocycles. The molecule has 39 heavy (non-hydrogen) atoms. The van der Waals surface area contributed by atoms with Gasteiger partial charge in [0.05, 0.1) is 16.0 Å². The van der Waals surface area contributed by atoms with Crippen LogP contribution in [0.15, 0.2) is 12.3 Å². The molecule has 3 aliphatic rings. The van der Waals surface area contributed by atoms with Crippen LogP contribution in [0.4, 0.5) is 19.0 Å². The Labute approximate surface area is 229 Å². The molecule has 1 atom stereocenters. The minimum atomic E-state index is -4.73. The van der Waals surface area contributed by atoms with E-state index in [-0.39, 0.29) is 51.6 Å². The van der Waals surface area contributed by atoms with Crippen LogP contribution in [0.25, 0.3) is 10.4 Å². The first kappa shape index (κ1) is 27.8. The van der Waals surface area contributed by atoms with Gasteiger partial charge in [-0.1, -0.05) is 6.42 Å². The highest BCUT2D eigenvalue weighted by atomic mass is 32.1. The molecule has 2 aliphatic heterocycles. The molecule has 0 radical (unpaired) electrons. The van der Waals surface area contributed by atoms with Gasteiger partial charge in [0.1, 0.15) is 11.5 Å². The van der Waals surface area contributed by atoms with Gasteiger partial charge in [-0.3, -0.25) is 9.59 Å². The van der Waals surface area contributed by atoms with Crippen molar-refractivity contribution in [3.63, 3.8) is 0 Å². The fourth-order valence-electron chi connectivity index (χ4n) is 5.72. The minimum absolute atomic E-state index is 0.0181. The molecule has 8 nitrogen and oxygen atoms in total. The third-order valence-corrected chi connectivity index (χ3v) is 9.17. The summed E-state index contributed by atoms with van der Waals surface area (Å²) in [5, 5.41) is 15.5. The van der Waals surface area contributed by atoms with E-state index in [9.17, 15) is 27.9 Å². The molecule has 3 N–H and O–H groups in total. The van der Waals surface area contributed by atoms with Crippen molar-refractivity contribution < 1.29 is 27.9 Å². The van der Waals surface area contributed by atoms with Crippen LogP contribution in [0.3, 0.4) is 0 Å². The molecule has 3 fully saturated rings. The van der Waals surface area contributed by atoms with Crippen molar-refractivity contribution in [3.8, 4) is 10.4 Å². The zero-order chi connectivity index (χ0) is 28.1. The number of fused-ring (bicyclic) bond motifs is 2. The summed E-state index contributed by atoms with van der Waals surface area (Å²) in [6, 6.07) is 1.02. The number of alkyl halides is 3. The number of aliphatic hydroxyl groups is 1. The second-order valence-electron chi connectivity index (χ2n) is 11.6. The van der Waals surface area contributed by atoms with Crippen molar-refractivity contribution in [3.05, 3.63) is 28.5 Å². The van der Waals surface area contributed by atoms with Crippen LogP contribution in [0.2, 0.25) is 0 Å². The summed E-state index contributed by atoms with van der Waals surface area (Å²) in [5.74, 6) is -0.612. The Morgan fingerprint density at radius 1 is 1.15 bits per heavy atom. The normalized spacial score (nSPS) is 22.1. The van der Waals surface area contributed by atoms with Crippen LogP contribution in [0.1, 0.15) is 91.6 Å². The molecule has 2 amide bonds. The van der Waals surface area contributed by atoms with Gasteiger partial charge in [-0.25, -0.2) is 9.97 Å². The number of carbonyl (C=O) groups is 2. The molecule has 12 heteroatoms. The Kier molecular flexibility index (Phi) is 7.38. The summed E-state index contributed by atoms with van der Waals surface area (Å²) < 4.78 is 43.2. The fraction of sp³-hybridized carbons (Fsp3) is 0.630. The van der Waals surface area contributed by atoms with Crippen LogP contribution in [-0.4, -0.2) is 62.1 Å². The minimum Gasteiger partial charge on any atom is -0.389 e. The summed E-state index contributed by atoms with van der Waals surface area (Å²) >= 11 is 0.736. The van der Waals surface area contributed by atoms with Crippen LogP contribution in [0, 0.1) is 5.92 Å². The number of nitrogens with one attached hydrogen (secondary N) is 2. The predicted molar refractivity (Wildman–Crippen MR) is 142 cm³/mol. The molecule has 0 unspecified atom stereocenters. The Morgan fingerprint density at radius 2 is 1.79 bits per heavy atom. The molecular weight excluding hydrogens is 531 g/mol. The van der Waals surface area contributed by atoms with Gasteiger partial charge < -0.3 is 20.6 Å². The van der Waals surface area contributed by atoms with Gasteiger partial charge in [0.2, 0.25) is 0 Å². The van der Waals surface area contributed by atoms with E-state index < -0.39 is 29.2 Å². The van der Waals surface area contributed by atoms with Crippen LogP contribution in [0.5, 0.6) is 0 Å². The summed E-state index contributed by atoms with van der Waals surface area (Å²) in [6.45, 7) is 4.88. The van der Waals surface area contributed by atoms with Crippen LogP contribution in [-0.2, 0) is 6.18 Å². The molecule has 2 aromatic heterocycles. The molecule has 1 aliphatic carbocycles. The summed E-state index contributed by atoms with van der Waals surface area (Å²) in [4.78, 5) is 36.9. The van der Waals surface area contributed by atoms with E-state index >= 15 is 0 Å². The molecule has 4 heterocycles. The number of anilines is 1. The van der Waals surface area contributed by atoms with Gasteiger partial charge in [-0.05, 0) is 71.3 Å². The first-order valence-electron chi connectivity index (χ1n) is 13.5. The second kappa shape index (κ2) is 10.3. The summed E-state index contributed by atoms with van der Waals surface area (Å²) in [7, 11) is 0. The number of carbonyl (C=O) groups excluding carboxylic acids is 2. The summed E-state index contributed by atoms with van der Waals surface area (Å²) in [5.41, 5.74) is -2.58. The summed E-state index contributed by atoms with van der Waals surface area (Å²) in [6.07, 6.45) is 2.97. The van der Waals surface area contributed by atoms with Gasteiger partial charge in [0.25, 0.3) is 11.8 Å². The lowest BCUT2D eigenvalue weighted by Gasteiger charge is -2.32. The highest BCUT2D eigenvalue weighted by Gasteiger charge is 2.45. The second-order valence-corrected chi connectivity index (χ2v) is 12.6. The number of hydrogen-bond acceptors (Lipinski definition) is 7. The average Bonchev–Trinajstić information content (AvgIpc) is 3.54. The van der Waals surface area contributed by atoms with Gasteiger partial charge in [-0.2, -0.15) is 13.2 Å². The molecular formula is C27H34F3N5O3S. The van der Waals surface area contributed by atoms with Crippen LogP contribution < -0.4 is 10.6 Å². The van der Waals surface area contributed by atoms with E-state index in [4.69, 9.17) is 0 Å². The number of thiazole rings is 1. The molecule has 212 valence electrons. The number of pyridine rings is 1. The first-order valence-corrected chi connectivity index (χ1v) is 14.3. The molecule has 2 saturated heterocycles. The van der Waals surface area contributed by atoms with E-state index in [0.29, 0.717) is 5.92 Å². The quantitative estimate of drug-likeness (QED) is 0.412. The van der Waals surface area contributed by atoms with Crippen molar-refractivity contribution in [2.75, 3.05) is 11.9 Å². The van der Waals surface area contributed by atoms with Crippen molar-refractivity contribution >= 4 is 29.0 Å². The Balaban J connectivity index is 1.54. The predicted octanol–water partition coefficient (Wildman–Crippen LogP) is 5.09. The standard InChI is InChI=1S/C27H34F3N5O3S/c1-14(15-5-4-6-15)33-20-11-19(27(28,29)30)18(12-31-20)22-21(25(37)35-16-7-8-17(35)10-9-16)34-24(39-22)23(36)32-13-26(2,3)38/h11-12,14-17,38H,4-10,13H2,1-3H3,(H,31,33)(H,32,36)/t14-,16-,17+/m0/s1. The van der Waals surface area contributed by atoms with Crippen molar-refractivity contribution in [2.24, 2.45) is 5.92 Å². The Hall–Kier alpha value is -2.73. The molecule has 2 bridgehead atoms. The SMILES string of the molecule is C[C@H](Nc1cc(C(F)(F)F)c(-c2sc(C(=O)NCC(C)(C)O)nc2C(=O)N2[C@H]3CC[C@@H]2CC3)cn1)C1CCC1. The molecule has 0 spiro atoms. The molecule has 2 aromatic rings. The van der Waals surface area contributed by atoms with Crippen molar-refractivity contribution in [1.82, 2.24) is 20.2 Å². The third kappa shape index (κ3) is 5.77. The lowest BCUT2D eigenvalue weighted by atomic mass is 9.80. The lowest BCUT2D eigenvalue weighted by molar-refractivity contribution is -0.137. The van der Waals surface area contributed by atoms with Gasteiger partial charge in [0.15, 0.2) is 5.01 Å². The Bertz CT molecular complexity index is 1230. The molecule has 0 aromatic carbocycles. The monoisotopic (exact) mass is 565 g/mol. The van der Waals surface area contributed by atoms with Gasteiger partial charge >= 0.3 is 6.18 Å². The number of rotatable bonds is 8. The Morgan fingerprint density at radius 3 is 2.33 bits per heavy atom. The van der Waals surface area contributed by atoms with Gasteiger partial charge in [0, 0.05) is 36.4 Å². The zero-order valence-electron chi connectivity index (χ0n) is 22.3. The number of aromatic nitrogens is 2. The topological polar surface area (TPSA) is 107 Å². The highest BCUT2D eigenvalue weighted by molar-refractivity contribution is 7.17. The maximum absolute atomic E-state index is 14.4. The first-order chi connectivity index (χ1) is 18.3. The van der Waals surface area contributed by atoms with E-state index in [1.165, 1.54) is 13.8 Å². The maximum Gasteiger partial charge on any atom is 0.417 e. The molecule has 5 rings (SSSR count). The van der Waals surface area contributed by atoms with Crippen LogP contribution >= 0.6 is 11.3 Å². The zero-order valence-corrected chi connectivity index (χ0v) is 23.1. The van der Waals surface area contributed by atoms with E-state index in [0.717, 1.165) is 68.5 Å². The lowest BCUT2D eigenvalue weighted by Crippen LogP contribution is -2.38. The van der Waals surface area contributed by atoms with Crippen molar-refractivity contribution in [1.29, 1.82) is 0 Å². The largest absolute Gasteiger partial charge is 0.417 e. The number of hydrogen-bond donors (Lipinski definition) is 3. The highest BCUT2D eigenvalue weighted by Crippen LogP contribution is 2.44. The van der Waals surface area contributed by atoms with E-state index in [1.807, 2.05) is 6.92 Å². The van der Waals surface area contributed by atoms with E-state index in [1.54, 1.807) is 4.90 Å². The van der Waals surface area contributed by atoms with Crippen molar-refractivity contribution in [2.45, 2.75) is 95.6 Å². The smallest absolute Gasteiger partial charge is 0.389 e. The van der Waals surface area contributed by atoms with E-state index in [2.05, 4.69) is 20.6 Å². The third-order valence-electron chi connectivity index (χ3n) is 8.08.